The average molecular weight is 259 g/mol. The molecule has 0 amide bonds. The molecule has 6 heteroatoms. The molecule has 1 aliphatic carbocycles. The Morgan fingerprint density at radius 2 is 1.71 bits per heavy atom. The number of hydrogen-bond acceptors (Lipinski definition) is 3. The third kappa shape index (κ3) is 3.41. The highest BCUT2D eigenvalue weighted by Crippen LogP contribution is 2.30. The van der Waals surface area contributed by atoms with Crippen molar-refractivity contribution in [2.75, 3.05) is 21.1 Å². The first kappa shape index (κ1) is 14.4. The van der Waals surface area contributed by atoms with Gasteiger partial charge in [0.05, 0.1) is 6.07 Å². The van der Waals surface area contributed by atoms with E-state index in [1.807, 2.05) is 0 Å². The van der Waals surface area contributed by atoms with Crippen LogP contribution in [0.5, 0.6) is 0 Å². The molecule has 0 radical (unpaired) electrons. The third-order valence-corrected chi connectivity index (χ3v) is 5.48. The molecule has 1 fully saturated rings. The molecule has 1 saturated carbocycles. The van der Waals surface area contributed by atoms with Crippen molar-refractivity contribution in [1.82, 2.24) is 8.61 Å². The molecule has 0 aromatic rings. The van der Waals surface area contributed by atoms with Gasteiger partial charge in [0.1, 0.15) is 0 Å². The summed E-state index contributed by atoms with van der Waals surface area (Å²) >= 11 is 0. The van der Waals surface area contributed by atoms with Crippen molar-refractivity contribution in [2.24, 2.45) is 5.92 Å². The summed E-state index contributed by atoms with van der Waals surface area (Å²) in [5.74, 6) is 0.451. The van der Waals surface area contributed by atoms with Crippen LogP contribution in [0, 0.1) is 17.2 Å². The van der Waals surface area contributed by atoms with Crippen LogP contribution < -0.4 is 0 Å². The van der Waals surface area contributed by atoms with Gasteiger partial charge in [0.15, 0.2) is 0 Å². The van der Waals surface area contributed by atoms with E-state index in [1.54, 1.807) is 21.1 Å². The summed E-state index contributed by atoms with van der Waals surface area (Å²) in [6.07, 6.45) is 4.21. The van der Waals surface area contributed by atoms with E-state index in [-0.39, 0.29) is 6.04 Å². The molecular weight excluding hydrogens is 238 g/mol. The fraction of sp³-hybridized carbons (Fsp3) is 0.909. The average Bonchev–Trinajstić information content (AvgIpc) is 2.29. The van der Waals surface area contributed by atoms with Crippen LogP contribution in [-0.2, 0) is 10.2 Å². The summed E-state index contributed by atoms with van der Waals surface area (Å²) in [7, 11) is 1.44. The van der Waals surface area contributed by atoms with Crippen LogP contribution in [0.15, 0.2) is 0 Å². The van der Waals surface area contributed by atoms with Gasteiger partial charge in [0, 0.05) is 33.6 Å². The highest BCUT2D eigenvalue weighted by atomic mass is 32.2. The highest BCUT2D eigenvalue weighted by molar-refractivity contribution is 7.86. The Balaban J connectivity index is 2.58. The highest BCUT2D eigenvalue weighted by Gasteiger charge is 2.31. The van der Waals surface area contributed by atoms with Gasteiger partial charge in [-0.05, 0) is 31.6 Å². The number of nitrogens with zero attached hydrogens (tertiary/aromatic N) is 3. The summed E-state index contributed by atoms with van der Waals surface area (Å²) in [4.78, 5) is 0. The Labute approximate surface area is 104 Å². The molecule has 0 heterocycles. The van der Waals surface area contributed by atoms with E-state index in [0.29, 0.717) is 12.3 Å². The second-order valence-corrected chi connectivity index (χ2v) is 7.05. The number of rotatable bonds is 4. The van der Waals surface area contributed by atoms with E-state index >= 15 is 0 Å². The molecule has 0 N–H and O–H groups in total. The molecule has 0 bridgehead atoms. The molecule has 17 heavy (non-hydrogen) atoms. The van der Waals surface area contributed by atoms with E-state index < -0.39 is 10.2 Å². The Kier molecular flexibility index (Phi) is 4.92. The van der Waals surface area contributed by atoms with E-state index in [4.69, 9.17) is 5.26 Å². The van der Waals surface area contributed by atoms with E-state index in [9.17, 15) is 8.42 Å². The first-order valence-electron chi connectivity index (χ1n) is 5.92. The maximum atomic E-state index is 11.9. The van der Waals surface area contributed by atoms with Gasteiger partial charge in [-0.2, -0.15) is 22.3 Å². The van der Waals surface area contributed by atoms with Crippen LogP contribution >= 0.6 is 0 Å². The third-order valence-electron chi connectivity index (χ3n) is 3.54. The molecule has 5 nitrogen and oxygen atoms in total. The van der Waals surface area contributed by atoms with E-state index in [2.05, 4.69) is 6.07 Å². The summed E-state index contributed by atoms with van der Waals surface area (Å²) in [5, 5.41) is 8.63. The van der Waals surface area contributed by atoms with Gasteiger partial charge in [0.25, 0.3) is 10.2 Å². The van der Waals surface area contributed by atoms with Crippen molar-refractivity contribution in [2.45, 2.75) is 38.1 Å². The zero-order chi connectivity index (χ0) is 13.1. The second-order valence-electron chi connectivity index (χ2n) is 4.84. The quantitative estimate of drug-likeness (QED) is 0.762. The van der Waals surface area contributed by atoms with Gasteiger partial charge in [-0.3, -0.25) is 0 Å². The molecular formula is C11H21N3O2S. The van der Waals surface area contributed by atoms with Crippen LogP contribution in [-0.4, -0.2) is 44.2 Å². The monoisotopic (exact) mass is 259 g/mol. The Hall–Kier alpha value is -0.640. The molecule has 0 aliphatic heterocycles. The minimum Gasteiger partial charge on any atom is -0.198 e. The van der Waals surface area contributed by atoms with E-state index in [0.717, 1.165) is 25.7 Å². The molecule has 0 spiro atoms. The Bertz CT molecular complexity index is 378. The van der Waals surface area contributed by atoms with Crippen LogP contribution in [0.4, 0.5) is 0 Å². The van der Waals surface area contributed by atoms with Gasteiger partial charge in [-0.15, -0.1) is 0 Å². The Morgan fingerprint density at radius 1 is 1.18 bits per heavy atom. The predicted octanol–water partition coefficient (Wildman–Crippen LogP) is 1.20. The van der Waals surface area contributed by atoms with Gasteiger partial charge in [0.2, 0.25) is 0 Å². The van der Waals surface area contributed by atoms with Crippen molar-refractivity contribution in [3.05, 3.63) is 0 Å². The molecule has 1 rings (SSSR count). The fourth-order valence-electron chi connectivity index (χ4n) is 2.29. The summed E-state index contributed by atoms with van der Waals surface area (Å²) in [5.41, 5.74) is 0. The number of nitriles is 1. The molecule has 1 aliphatic rings. The smallest absolute Gasteiger partial charge is 0.198 e. The predicted molar refractivity (Wildman–Crippen MR) is 66.3 cm³/mol. The normalized spacial score (nSPS) is 26.1. The fourth-order valence-corrected chi connectivity index (χ4v) is 3.39. The molecule has 98 valence electrons. The largest absolute Gasteiger partial charge is 0.281 e. The minimum absolute atomic E-state index is 0.0809. The summed E-state index contributed by atoms with van der Waals surface area (Å²) in [6.45, 7) is 0. The lowest BCUT2D eigenvalue weighted by molar-refractivity contribution is 0.231. The second kappa shape index (κ2) is 5.80. The maximum Gasteiger partial charge on any atom is 0.281 e. The lowest BCUT2D eigenvalue weighted by atomic mass is 9.84. The van der Waals surface area contributed by atoms with Crippen LogP contribution in [0.1, 0.15) is 32.1 Å². The molecule has 0 unspecified atom stereocenters. The Morgan fingerprint density at radius 3 is 2.12 bits per heavy atom. The van der Waals surface area contributed by atoms with Gasteiger partial charge in [-0.25, -0.2) is 0 Å². The maximum absolute atomic E-state index is 11.9. The molecule has 0 aromatic heterocycles. The van der Waals surface area contributed by atoms with Crippen molar-refractivity contribution in [3.8, 4) is 6.07 Å². The lowest BCUT2D eigenvalue weighted by Crippen LogP contribution is -2.44. The van der Waals surface area contributed by atoms with Crippen molar-refractivity contribution in [1.29, 1.82) is 5.26 Å². The van der Waals surface area contributed by atoms with Crippen molar-refractivity contribution >= 4 is 10.2 Å². The standard InChI is InChI=1S/C11H21N3O2S/c1-13(2)17(15,16)14(3)11-6-4-10(5-7-11)8-9-12/h10-11H,4-8H2,1-3H3. The summed E-state index contributed by atoms with van der Waals surface area (Å²) in [6, 6.07) is 2.27. The van der Waals surface area contributed by atoms with Crippen LogP contribution in [0.3, 0.4) is 0 Å². The van der Waals surface area contributed by atoms with Gasteiger partial charge in [-0.1, -0.05) is 0 Å². The first-order chi connectivity index (χ1) is 7.89. The van der Waals surface area contributed by atoms with Crippen LogP contribution in [0.2, 0.25) is 0 Å². The SMILES string of the molecule is CN(C)S(=O)(=O)N(C)C1CCC(CC#N)CC1. The molecule has 0 saturated heterocycles. The summed E-state index contributed by atoms with van der Waals surface area (Å²) < 4.78 is 26.6. The molecule has 0 atom stereocenters. The lowest BCUT2D eigenvalue weighted by Gasteiger charge is -2.34. The zero-order valence-electron chi connectivity index (χ0n) is 10.8. The zero-order valence-corrected chi connectivity index (χ0v) is 11.6. The molecule has 0 aromatic carbocycles. The van der Waals surface area contributed by atoms with Crippen molar-refractivity contribution < 1.29 is 8.42 Å². The topological polar surface area (TPSA) is 64.4 Å². The minimum atomic E-state index is -3.30. The van der Waals surface area contributed by atoms with Gasteiger partial charge < -0.3 is 0 Å². The van der Waals surface area contributed by atoms with Crippen LogP contribution in [0.25, 0.3) is 0 Å². The first-order valence-corrected chi connectivity index (χ1v) is 7.31. The van der Waals surface area contributed by atoms with E-state index in [1.165, 1.54) is 8.61 Å². The van der Waals surface area contributed by atoms with Crippen molar-refractivity contribution in [3.63, 3.8) is 0 Å². The number of hydrogen-bond donors (Lipinski definition) is 0. The van der Waals surface area contributed by atoms with Gasteiger partial charge >= 0.3 is 0 Å².